The SMILES string of the molecule is CCNCC(=O)Cc1ccc(F)c(F)c1. The quantitative estimate of drug-likeness (QED) is 0.806. The second-order valence-corrected chi connectivity index (χ2v) is 3.24. The van der Waals surface area contributed by atoms with Crippen LogP contribution in [0.1, 0.15) is 12.5 Å². The third kappa shape index (κ3) is 3.75. The first-order valence-electron chi connectivity index (χ1n) is 4.79. The summed E-state index contributed by atoms with van der Waals surface area (Å²) in [4.78, 5) is 11.3. The number of rotatable bonds is 5. The maximum Gasteiger partial charge on any atom is 0.159 e. The molecule has 0 bridgehead atoms. The van der Waals surface area contributed by atoms with Crippen LogP contribution in [-0.4, -0.2) is 18.9 Å². The van der Waals surface area contributed by atoms with Gasteiger partial charge in [-0.3, -0.25) is 4.79 Å². The van der Waals surface area contributed by atoms with E-state index in [9.17, 15) is 13.6 Å². The van der Waals surface area contributed by atoms with E-state index < -0.39 is 11.6 Å². The largest absolute Gasteiger partial charge is 0.310 e. The lowest BCUT2D eigenvalue weighted by Crippen LogP contribution is -2.23. The summed E-state index contributed by atoms with van der Waals surface area (Å²) in [7, 11) is 0. The molecule has 1 aromatic rings. The van der Waals surface area contributed by atoms with Crippen LogP contribution in [0.3, 0.4) is 0 Å². The van der Waals surface area contributed by atoms with E-state index in [1.165, 1.54) is 6.07 Å². The van der Waals surface area contributed by atoms with Gasteiger partial charge in [0, 0.05) is 6.42 Å². The molecular weight excluding hydrogens is 200 g/mol. The van der Waals surface area contributed by atoms with Gasteiger partial charge >= 0.3 is 0 Å². The van der Waals surface area contributed by atoms with E-state index in [2.05, 4.69) is 5.32 Å². The fraction of sp³-hybridized carbons (Fsp3) is 0.364. The first-order valence-corrected chi connectivity index (χ1v) is 4.79. The van der Waals surface area contributed by atoms with Crippen LogP contribution in [0.5, 0.6) is 0 Å². The molecule has 0 radical (unpaired) electrons. The molecule has 0 saturated heterocycles. The van der Waals surface area contributed by atoms with Crippen LogP contribution in [0.4, 0.5) is 8.78 Å². The van der Waals surface area contributed by atoms with E-state index in [-0.39, 0.29) is 18.7 Å². The maximum atomic E-state index is 12.8. The first-order chi connectivity index (χ1) is 7.13. The summed E-state index contributed by atoms with van der Waals surface area (Å²) < 4.78 is 25.3. The summed E-state index contributed by atoms with van der Waals surface area (Å²) in [6.45, 7) is 2.86. The van der Waals surface area contributed by atoms with Crippen molar-refractivity contribution in [2.45, 2.75) is 13.3 Å². The van der Waals surface area contributed by atoms with Gasteiger partial charge in [0.2, 0.25) is 0 Å². The second kappa shape index (κ2) is 5.56. The van der Waals surface area contributed by atoms with Crippen LogP contribution in [0.2, 0.25) is 0 Å². The minimum atomic E-state index is -0.913. The average Bonchev–Trinajstić information content (AvgIpc) is 2.20. The zero-order valence-electron chi connectivity index (χ0n) is 8.52. The molecule has 0 unspecified atom stereocenters. The molecule has 1 N–H and O–H groups in total. The molecule has 0 aliphatic heterocycles. The molecular formula is C11H13F2NO. The molecule has 0 saturated carbocycles. The number of benzene rings is 1. The van der Waals surface area contributed by atoms with Crippen LogP contribution in [0.25, 0.3) is 0 Å². The Bertz CT molecular complexity index is 352. The van der Waals surface area contributed by atoms with Crippen molar-refractivity contribution in [1.29, 1.82) is 0 Å². The number of ketones is 1. The van der Waals surface area contributed by atoms with Crippen molar-refractivity contribution in [3.8, 4) is 0 Å². The van der Waals surface area contributed by atoms with E-state index in [0.29, 0.717) is 12.1 Å². The smallest absolute Gasteiger partial charge is 0.159 e. The molecule has 0 aromatic heterocycles. The predicted molar refractivity (Wildman–Crippen MR) is 53.6 cm³/mol. The Labute approximate surface area is 87.3 Å². The highest BCUT2D eigenvalue weighted by Gasteiger charge is 2.06. The number of Topliss-reactive ketones (excluding diaryl/α,β-unsaturated/α-hetero) is 1. The van der Waals surface area contributed by atoms with Crippen molar-refractivity contribution in [2.24, 2.45) is 0 Å². The fourth-order valence-electron chi connectivity index (χ4n) is 1.20. The maximum absolute atomic E-state index is 12.8. The summed E-state index contributed by atoms with van der Waals surface area (Å²) in [6, 6.07) is 3.51. The highest BCUT2D eigenvalue weighted by molar-refractivity contribution is 5.82. The third-order valence-corrected chi connectivity index (χ3v) is 1.96. The molecule has 0 heterocycles. The molecule has 0 atom stereocenters. The highest BCUT2D eigenvalue weighted by Crippen LogP contribution is 2.09. The summed E-state index contributed by atoms with van der Waals surface area (Å²) in [6.07, 6.45) is 0.129. The monoisotopic (exact) mass is 213 g/mol. The van der Waals surface area contributed by atoms with Crippen molar-refractivity contribution < 1.29 is 13.6 Å². The molecule has 0 aliphatic carbocycles. The number of hydrogen-bond acceptors (Lipinski definition) is 2. The number of hydrogen-bond donors (Lipinski definition) is 1. The molecule has 2 nitrogen and oxygen atoms in total. The number of carbonyl (C=O) groups is 1. The zero-order valence-corrected chi connectivity index (χ0v) is 8.52. The number of nitrogens with one attached hydrogen (secondary N) is 1. The summed E-state index contributed by atoms with van der Waals surface area (Å²) in [5.41, 5.74) is 0.497. The molecule has 15 heavy (non-hydrogen) atoms. The van der Waals surface area contributed by atoms with E-state index in [1.54, 1.807) is 0 Å². The van der Waals surface area contributed by atoms with Gasteiger partial charge in [0.15, 0.2) is 17.4 Å². The van der Waals surface area contributed by atoms with Gasteiger partial charge in [0.1, 0.15) is 0 Å². The lowest BCUT2D eigenvalue weighted by atomic mass is 10.1. The van der Waals surface area contributed by atoms with E-state index in [4.69, 9.17) is 0 Å². The Balaban J connectivity index is 2.57. The van der Waals surface area contributed by atoms with Gasteiger partial charge in [-0.05, 0) is 24.2 Å². The second-order valence-electron chi connectivity index (χ2n) is 3.24. The van der Waals surface area contributed by atoms with Crippen LogP contribution >= 0.6 is 0 Å². The minimum Gasteiger partial charge on any atom is -0.310 e. The third-order valence-electron chi connectivity index (χ3n) is 1.96. The van der Waals surface area contributed by atoms with Crippen LogP contribution in [0, 0.1) is 11.6 Å². The lowest BCUT2D eigenvalue weighted by molar-refractivity contribution is -0.117. The number of carbonyl (C=O) groups excluding carboxylic acids is 1. The summed E-state index contributed by atoms with van der Waals surface area (Å²) >= 11 is 0. The minimum absolute atomic E-state index is 0.0390. The molecule has 82 valence electrons. The van der Waals surface area contributed by atoms with Gasteiger partial charge in [0.25, 0.3) is 0 Å². The van der Waals surface area contributed by atoms with Crippen molar-refractivity contribution in [1.82, 2.24) is 5.32 Å². The van der Waals surface area contributed by atoms with Crippen molar-refractivity contribution >= 4 is 5.78 Å². The lowest BCUT2D eigenvalue weighted by Gasteiger charge is -2.02. The number of halogens is 2. The summed E-state index contributed by atoms with van der Waals surface area (Å²) in [5.74, 6) is -1.84. The average molecular weight is 213 g/mol. The van der Waals surface area contributed by atoms with E-state index in [1.807, 2.05) is 6.92 Å². The number of likely N-dealkylation sites (N-methyl/N-ethyl adjacent to an activating group) is 1. The van der Waals surface area contributed by atoms with Gasteiger partial charge in [-0.15, -0.1) is 0 Å². The summed E-state index contributed by atoms with van der Waals surface area (Å²) in [5, 5.41) is 2.88. The molecule has 0 aliphatic rings. The predicted octanol–water partition coefficient (Wildman–Crippen LogP) is 1.69. The van der Waals surface area contributed by atoms with Crippen molar-refractivity contribution in [2.75, 3.05) is 13.1 Å². The first kappa shape index (κ1) is 11.8. The fourth-order valence-corrected chi connectivity index (χ4v) is 1.20. The van der Waals surface area contributed by atoms with Crippen molar-refractivity contribution in [3.63, 3.8) is 0 Å². The van der Waals surface area contributed by atoms with Gasteiger partial charge in [-0.25, -0.2) is 8.78 Å². The van der Waals surface area contributed by atoms with Gasteiger partial charge in [0.05, 0.1) is 6.54 Å². The molecule has 1 rings (SSSR count). The van der Waals surface area contributed by atoms with Crippen LogP contribution in [-0.2, 0) is 11.2 Å². The van der Waals surface area contributed by atoms with Crippen LogP contribution in [0.15, 0.2) is 18.2 Å². The molecule has 0 amide bonds. The topological polar surface area (TPSA) is 29.1 Å². The Morgan fingerprint density at radius 2 is 2.07 bits per heavy atom. The molecule has 0 fully saturated rings. The van der Waals surface area contributed by atoms with Gasteiger partial charge in [-0.2, -0.15) is 0 Å². The molecule has 4 heteroatoms. The normalized spacial score (nSPS) is 10.3. The van der Waals surface area contributed by atoms with Gasteiger partial charge in [-0.1, -0.05) is 13.0 Å². The Hall–Kier alpha value is -1.29. The van der Waals surface area contributed by atoms with Crippen molar-refractivity contribution in [3.05, 3.63) is 35.4 Å². The zero-order chi connectivity index (χ0) is 11.3. The molecule has 1 aromatic carbocycles. The standard InChI is InChI=1S/C11H13F2NO/c1-2-14-7-9(15)5-8-3-4-10(12)11(13)6-8/h3-4,6,14H,2,5,7H2,1H3. The van der Waals surface area contributed by atoms with E-state index >= 15 is 0 Å². The van der Waals surface area contributed by atoms with E-state index in [0.717, 1.165) is 12.1 Å². The Morgan fingerprint density at radius 1 is 1.33 bits per heavy atom. The molecule has 0 spiro atoms. The van der Waals surface area contributed by atoms with Crippen LogP contribution < -0.4 is 5.32 Å². The highest BCUT2D eigenvalue weighted by atomic mass is 19.2. The van der Waals surface area contributed by atoms with Gasteiger partial charge < -0.3 is 5.32 Å². The Kier molecular flexibility index (Phi) is 4.37. The Morgan fingerprint density at radius 3 is 2.67 bits per heavy atom.